The summed E-state index contributed by atoms with van der Waals surface area (Å²) < 4.78 is 30.9. The molecule has 1 N–H and O–H groups in total. The molecule has 0 atom stereocenters. The predicted molar refractivity (Wildman–Crippen MR) is 143 cm³/mol. The second kappa shape index (κ2) is 12.7. The summed E-state index contributed by atoms with van der Waals surface area (Å²) in [4.78, 5) is 15.2. The lowest BCUT2D eigenvalue weighted by Gasteiger charge is -2.32. The number of nitrogens with one attached hydrogen (secondary N) is 1. The minimum Gasteiger partial charge on any atom is -0.457 e. The maximum atomic E-state index is 12.7. The number of rotatable bonds is 9. The van der Waals surface area contributed by atoms with Crippen LogP contribution < -0.4 is 9.46 Å². The maximum absolute atomic E-state index is 12.7. The Kier molecular flexibility index (Phi) is 10.0. The molecule has 0 aromatic heterocycles. The van der Waals surface area contributed by atoms with E-state index in [1.165, 1.54) is 37.7 Å². The van der Waals surface area contributed by atoms with Crippen LogP contribution in [0.25, 0.3) is 0 Å². The number of nitrogens with zero attached hydrogens (tertiary/aromatic N) is 1. The average Bonchev–Trinajstić information content (AvgIpc) is 2.82. The third-order valence-corrected chi connectivity index (χ3v) is 7.59. The van der Waals surface area contributed by atoms with Gasteiger partial charge in [0.25, 0.3) is 0 Å². The number of ether oxygens (including phenoxy) is 1. The van der Waals surface area contributed by atoms with Crippen LogP contribution in [0.1, 0.15) is 56.9 Å². The van der Waals surface area contributed by atoms with Crippen LogP contribution in [-0.2, 0) is 21.4 Å². The molecule has 192 valence electrons. The highest BCUT2D eigenvalue weighted by Gasteiger charge is 2.27. The molecule has 35 heavy (non-hydrogen) atoms. The Bertz CT molecular complexity index is 1040. The summed E-state index contributed by atoms with van der Waals surface area (Å²) in [6, 6.07) is 14.9. The number of benzene rings is 2. The molecule has 1 aliphatic carbocycles. The number of anilines is 1. The summed E-state index contributed by atoms with van der Waals surface area (Å²) in [6.07, 6.45) is 10.3. The average molecular weight is 521 g/mol. The molecule has 0 bridgehead atoms. The monoisotopic (exact) mass is 520 g/mol. The molecule has 1 saturated carbocycles. The van der Waals surface area contributed by atoms with Crippen molar-refractivity contribution in [2.45, 2.75) is 57.9 Å². The number of halogens is 1. The summed E-state index contributed by atoms with van der Waals surface area (Å²) >= 11 is 0. The van der Waals surface area contributed by atoms with Gasteiger partial charge in [-0.1, -0.05) is 44.2 Å². The zero-order chi connectivity index (χ0) is 24.0. The first-order chi connectivity index (χ1) is 16.3. The fraction of sp³-hybridized carbons (Fsp3) is 0.519. The van der Waals surface area contributed by atoms with Crippen molar-refractivity contribution in [1.29, 1.82) is 0 Å². The van der Waals surface area contributed by atoms with E-state index in [2.05, 4.69) is 21.8 Å². The van der Waals surface area contributed by atoms with E-state index in [-0.39, 0.29) is 18.3 Å². The van der Waals surface area contributed by atoms with Crippen molar-refractivity contribution in [3.8, 4) is 11.5 Å². The summed E-state index contributed by atoms with van der Waals surface area (Å²) in [5.74, 6) is 2.79. The molecular formula is C27H37ClN2O4S. The Labute approximate surface area is 215 Å². The van der Waals surface area contributed by atoms with Gasteiger partial charge in [-0.2, -0.15) is 0 Å². The van der Waals surface area contributed by atoms with Gasteiger partial charge in [-0.3, -0.25) is 14.4 Å². The number of carbonyl (C=O) groups excluding carboxylic acids is 1. The highest BCUT2D eigenvalue weighted by atomic mass is 35.5. The van der Waals surface area contributed by atoms with E-state index >= 15 is 0 Å². The SMILES string of the molecule is CS(=O)(=O)Nc1ccc(Oc2ccc(CN3CCC(C(=O)CC4CCCCC4)CC3)cc2)cc1.Cl. The number of piperidine rings is 1. The highest BCUT2D eigenvalue weighted by molar-refractivity contribution is 7.92. The smallest absolute Gasteiger partial charge is 0.229 e. The largest absolute Gasteiger partial charge is 0.457 e. The highest BCUT2D eigenvalue weighted by Crippen LogP contribution is 2.30. The number of sulfonamides is 1. The Morgan fingerprint density at radius 2 is 1.49 bits per heavy atom. The van der Waals surface area contributed by atoms with Crippen LogP contribution in [0.3, 0.4) is 0 Å². The molecule has 0 radical (unpaired) electrons. The van der Waals surface area contributed by atoms with E-state index in [0.29, 0.717) is 23.1 Å². The van der Waals surface area contributed by atoms with E-state index < -0.39 is 10.0 Å². The number of hydrogen-bond donors (Lipinski definition) is 1. The minimum absolute atomic E-state index is 0. The lowest BCUT2D eigenvalue weighted by Crippen LogP contribution is -2.36. The van der Waals surface area contributed by atoms with Crippen molar-refractivity contribution < 1.29 is 17.9 Å². The molecule has 0 unspecified atom stereocenters. The van der Waals surface area contributed by atoms with Crippen LogP contribution in [0, 0.1) is 11.8 Å². The molecule has 2 fully saturated rings. The van der Waals surface area contributed by atoms with Gasteiger partial charge in [0.05, 0.1) is 6.26 Å². The van der Waals surface area contributed by atoms with Crippen LogP contribution >= 0.6 is 12.4 Å². The summed E-state index contributed by atoms with van der Waals surface area (Å²) in [7, 11) is -3.29. The first kappa shape index (κ1) is 27.5. The molecule has 1 saturated heterocycles. The molecule has 2 aliphatic rings. The van der Waals surface area contributed by atoms with E-state index in [1.54, 1.807) is 24.3 Å². The van der Waals surface area contributed by atoms with Crippen LogP contribution in [0.2, 0.25) is 0 Å². The first-order valence-electron chi connectivity index (χ1n) is 12.4. The third-order valence-electron chi connectivity index (χ3n) is 6.98. The van der Waals surface area contributed by atoms with E-state index in [0.717, 1.165) is 50.9 Å². The molecule has 0 spiro atoms. The van der Waals surface area contributed by atoms with Crippen molar-refractivity contribution in [2.24, 2.45) is 11.8 Å². The predicted octanol–water partition coefficient (Wildman–Crippen LogP) is 6.02. The lowest BCUT2D eigenvalue weighted by molar-refractivity contribution is -0.125. The molecule has 2 aromatic rings. The van der Waals surface area contributed by atoms with Crippen molar-refractivity contribution >= 4 is 33.9 Å². The van der Waals surface area contributed by atoms with Gasteiger partial charge in [-0.15, -0.1) is 12.4 Å². The Morgan fingerprint density at radius 1 is 0.914 bits per heavy atom. The number of likely N-dealkylation sites (tertiary alicyclic amines) is 1. The van der Waals surface area contributed by atoms with Gasteiger partial charge in [-0.25, -0.2) is 8.42 Å². The van der Waals surface area contributed by atoms with Crippen LogP contribution in [0.4, 0.5) is 5.69 Å². The molecule has 8 heteroatoms. The van der Waals surface area contributed by atoms with E-state index in [1.807, 2.05) is 12.1 Å². The standard InChI is InChI=1S/C27H36N2O4S.ClH/c1-34(31,32)28-24-9-13-26(14-10-24)33-25-11-7-22(8-12-25)20-29-17-15-23(16-18-29)27(30)19-21-5-3-2-4-6-21;/h7-14,21,23,28H,2-6,15-20H2,1H3;1H. The second-order valence-electron chi connectivity index (χ2n) is 9.87. The molecule has 1 heterocycles. The fourth-order valence-corrected chi connectivity index (χ4v) is 5.68. The number of hydrogen-bond acceptors (Lipinski definition) is 5. The third kappa shape index (κ3) is 8.81. The van der Waals surface area contributed by atoms with Gasteiger partial charge in [0.2, 0.25) is 10.0 Å². The van der Waals surface area contributed by atoms with Crippen molar-refractivity contribution in [3.05, 3.63) is 54.1 Å². The zero-order valence-corrected chi connectivity index (χ0v) is 22.1. The van der Waals surface area contributed by atoms with Crippen LogP contribution in [0.15, 0.2) is 48.5 Å². The molecular weight excluding hydrogens is 484 g/mol. The molecule has 2 aromatic carbocycles. The van der Waals surface area contributed by atoms with Gasteiger partial charge >= 0.3 is 0 Å². The second-order valence-corrected chi connectivity index (χ2v) is 11.6. The number of Topliss-reactive ketones (excluding diaryl/α,β-unsaturated/α-hetero) is 1. The Morgan fingerprint density at radius 3 is 2.06 bits per heavy atom. The fourth-order valence-electron chi connectivity index (χ4n) is 5.12. The first-order valence-corrected chi connectivity index (χ1v) is 14.3. The molecule has 4 rings (SSSR count). The number of ketones is 1. The van der Waals surface area contributed by atoms with Gasteiger partial charge < -0.3 is 4.74 Å². The summed E-state index contributed by atoms with van der Waals surface area (Å²) in [5, 5.41) is 0. The van der Waals surface area contributed by atoms with Crippen LogP contribution in [0.5, 0.6) is 11.5 Å². The Balaban J connectivity index is 0.00000342. The van der Waals surface area contributed by atoms with E-state index in [9.17, 15) is 13.2 Å². The summed E-state index contributed by atoms with van der Waals surface area (Å²) in [6.45, 7) is 2.84. The van der Waals surface area contributed by atoms with Gasteiger partial charge in [0.15, 0.2) is 0 Å². The van der Waals surface area contributed by atoms with Crippen molar-refractivity contribution in [1.82, 2.24) is 4.90 Å². The Hall–Kier alpha value is -2.09. The quantitative estimate of drug-likeness (QED) is 0.437. The molecule has 6 nitrogen and oxygen atoms in total. The minimum atomic E-state index is -3.29. The normalized spacial score (nSPS) is 18.0. The van der Waals surface area contributed by atoms with Crippen molar-refractivity contribution in [2.75, 3.05) is 24.1 Å². The molecule has 1 aliphatic heterocycles. The summed E-state index contributed by atoms with van der Waals surface area (Å²) in [5.41, 5.74) is 1.73. The van der Waals surface area contributed by atoms with Gasteiger partial charge in [0, 0.05) is 24.6 Å². The van der Waals surface area contributed by atoms with Crippen molar-refractivity contribution in [3.63, 3.8) is 0 Å². The van der Waals surface area contributed by atoms with Gasteiger partial charge in [0.1, 0.15) is 17.3 Å². The van der Waals surface area contributed by atoms with Crippen LogP contribution in [-0.4, -0.2) is 38.4 Å². The van der Waals surface area contributed by atoms with E-state index in [4.69, 9.17) is 4.74 Å². The van der Waals surface area contributed by atoms with Gasteiger partial charge in [-0.05, 0) is 73.8 Å². The zero-order valence-electron chi connectivity index (χ0n) is 20.4. The molecule has 0 amide bonds. The number of carbonyl (C=O) groups is 1. The topological polar surface area (TPSA) is 75.7 Å². The maximum Gasteiger partial charge on any atom is 0.229 e. The lowest BCUT2D eigenvalue weighted by atomic mass is 9.81.